The molecule has 3 N–H and O–H groups in total. The van der Waals surface area contributed by atoms with Gasteiger partial charge in [-0.3, -0.25) is 0 Å². The molecule has 0 saturated heterocycles. The number of rotatable bonds is 8. The van der Waals surface area contributed by atoms with Crippen molar-refractivity contribution in [1.82, 2.24) is 25.6 Å². The molecule has 0 saturated carbocycles. The maximum absolute atomic E-state index is 11.9. The number of ether oxygens (including phenoxy) is 2. The summed E-state index contributed by atoms with van der Waals surface area (Å²) in [7, 11) is 1.30. The number of imidazole rings is 1. The minimum Gasteiger partial charge on any atom is -0.464 e. The minimum atomic E-state index is -0.580. The Morgan fingerprint density at radius 1 is 1.21 bits per heavy atom. The molecule has 0 fully saturated rings. The Hall–Kier alpha value is -2.94. The van der Waals surface area contributed by atoms with Gasteiger partial charge in [0.15, 0.2) is 0 Å². The second kappa shape index (κ2) is 9.84. The van der Waals surface area contributed by atoms with E-state index in [0.29, 0.717) is 12.2 Å². The van der Waals surface area contributed by atoms with E-state index in [1.54, 1.807) is 39.4 Å². The molecule has 0 spiro atoms. The highest BCUT2D eigenvalue weighted by atomic mass is 16.6. The average Bonchev–Trinajstić information content (AvgIpc) is 3.15. The molecule has 0 atom stereocenters. The Labute approximate surface area is 164 Å². The highest BCUT2D eigenvalue weighted by Crippen LogP contribution is 2.10. The molecule has 2 heterocycles. The lowest BCUT2D eigenvalue weighted by Gasteiger charge is -2.19. The number of hydrogen-bond acceptors (Lipinski definition) is 7. The molecule has 152 valence electrons. The van der Waals surface area contributed by atoms with Crippen molar-refractivity contribution in [3.8, 4) is 0 Å². The molecule has 9 heteroatoms. The van der Waals surface area contributed by atoms with Crippen LogP contribution >= 0.6 is 0 Å². The van der Waals surface area contributed by atoms with Gasteiger partial charge in [0, 0.05) is 37.9 Å². The van der Waals surface area contributed by atoms with Crippen LogP contribution in [0.2, 0.25) is 0 Å². The van der Waals surface area contributed by atoms with Crippen molar-refractivity contribution in [2.45, 2.75) is 45.9 Å². The second-order valence-corrected chi connectivity index (χ2v) is 7.20. The van der Waals surface area contributed by atoms with Crippen LogP contribution in [0.3, 0.4) is 0 Å². The van der Waals surface area contributed by atoms with Gasteiger partial charge in [0.25, 0.3) is 0 Å². The van der Waals surface area contributed by atoms with Crippen LogP contribution in [0, 0.1) is 0 Å². The van der Waals surface area contributed by atoms with Crippen LogP contribution in [0.5, 0.6) is 0 Å². The summed E-state index contributed by atoms with van der Waals surface area (Å²) in [5.74, 6) is -0.530. The first-order chi connectivity index (χ1) is 13.3. The van der Waals surface area contributed by atoms with Gasteiger partial charge >= 0.3 is 12.1 Å². The van der Waals surface area contributed by atoms with E-state index < -0.39 is 17.7 Å². The lowest BCUT2D eigenvalue weighted by molar-refractivity contribution is 0.0523. The molecule has 0 aromatic carbocycles. The van der Waals surface area contributed by atoms with Gasteiger partial charge in [-0.25, -0.2) is 19.6 Å². The normalized spacial score (nSPS) is 11.1. The highest BCUT2D eigenvalue weighted by molar-refractivity contribution is 5.87. The fourth-order valence-corrected chi connectivity index (χ4v) is 2.40. The van der Waals surface area contributed by atoms with E-state index in [1.807, 2.05) is 6.07 Å². The molecule has 2 aromatic heterocycles. The van der Waals surface area contributed by atoms with E-state index in [0.717, 1.165) is 24.2 Å². The van der Waals surface area contributed by atoms with Crippen LogP contribution < -0.4 is 10.6 Å². The quantitative estimate of drug-likeness (QED) is 0.466. The van der Waals surface area contributed by atoms with E-state index >= 15 is 0 Å². The van der Waals surface area contributed by atoms with E-state index in [4.69, 9.17) is 9.47 Å². The predicted molar refractivity (Wildman–Crippen MR) is 103 cm³/mol. The summed E-state index contributed by atoms with van der Waals surface area (Å²) in [5.41, 5.74) is 2.05. The standard InChI is InChI=1S/C19H27N5O4/c1-19(2,3)28-18(26)22-9-13-7-15(24-16(8-13)17(25)27-4)11-20-6-5-14-10-21-12-23-14/h7-8,10,12,20H,5-6,9,11H2,1-4H3,(H,21,23)(H,22,26). The number of hydrogen-bond donors (Lipinski definition) is 3. The summed E-state index contributed by atoms with van der Waals surface area (Å²) < 4.78 is 9.99. The number of carbonyl (C=O) groups excluding carboxylic acids is 2. The Bertz CT molecular complexity index is 784. The molecule has 0 bridgehead atoms. The third kappa shape index (κ3) is 7.36. The van der Waals surface area contributed by atoms with Crippen molar-refractivity contribution >= 4 is 12.1 Å². The molecule has 0 aliphatic heterocycles. The molecular weight excluding hydrogens is 362 g/mol. The molecule has 1 amide bonds. The summed E-state index contributed by atoms with van der Waals surface area (Å²) in [6, 6.07) is 3.42. The number of aromatic nitrogens is 3. The maximum Gasteiger partial charge on any atom is 0.407 e. The van der Waals surface area contributed by atoms with Crippen molar-refractivity contribution in [2.75, 3.05) is 13.7 Å². The summed E-state index contributed by atoms with van der Waals surface area (Å²) >= 11 is 0. The SMILES string of the molecule is COC(=O)c1cc(CNC(=O)OC(C)(C)C)cc(CNCCc2cnc[nH]2)n1. The molecule has 0 unspecified atom stereocenters. The van der Waals surface area contributed by atoms with Gasteiger partial charge in [0.2, 0.25) is 0 Å². The van der Waals surface area contributed by atoms with Crippen molar-refractivity contribution in [3.63, 3.8) is 0 Å². The van der Waals surface area contributed by atoms with Crippen LogP contribution in [0.1, 0.15) is 48.2 Å². The van der Waals surface area contributed by atoms with Crippen LogP contribution in [0.15, 0.2) is 24.7 Å². The highest BCUT2D eigenvalue weighted by Gasteiger charge is 2.16. The fraction of sp³-hybridized carbons (Fsp3) is 0.474. The largest absolute Gasteiger partial charge is 0.464 e. The number of H-pyrrole nitrogens is 1. The van der Waals surface area contributed by atoms with Gasteiger partial charge in [-0.1, -0.05) is 0 Å². The van der Waals surface area contributed by atoms with Gasteiger partial charge in [0.05, 0.1) is 19.1 Å². The van der Waals surface area contributed by atoms with Crippen LogP contribution in [0.4, 0.5) is 4.79 Å². The van der Waals surface area contributed by atoms with E-state index in [2.05, 4.69) is 25.6 Å². The summed E-state index contributed by atoms with van der Waals surface area (Å²) in [5, 5.41) is 5.95. The average molecular weight is 389 g/mol. The lowest BCUT2D eigenvalue weighted by Crippen LogP contribution is -2.32. The number of alkyl carbamates (subject to hydrolysis) is 1. The zero-order valence-electron chi connectivity index (χ0n) is 16.7. The molecule has 2 aromatic rings. The van der Waals surface area contributed by atoms with Gasteiger partial charge in [0.1, 0.15) is 11.3 Å². The number of amides is 1. The summed E-state index contributed by atoms with van der Waals surface area (Å²) in [6.07, 6.45) is 3.69. The zero-order chi connectivity index (χ0) is 20.6. The Kier molecular flexibility index (Phi) is 7.51. The molecule has 0 aliphatic rings. The van der Waals surface area contributed by atoms with Gasteiger partial charge < -0.3 is 25.1 Å². The van der Waals surface area contributed by atoms with Crippen LogP contribution in [-0.4, -0.2) is 46.3 Å². The summed E-state index contributed by atoms with van der Waals surface area (Å²) in [4.78, 5) is 35.1. The van der Waals surface area contributed by atoms with Crippen molar-refractivity contribution in [1.29, 1.82) is 0 Å². The van der Waals surface area contributed by atoms with Gasteiger partial charge in [-0.05, 0) is 38.5 Å². The van der Waals surface area contributed by atoms with Crippen molar-refractivity contribution < 1.29 is 19.1 Å². The third-order valence-corrected chi connectivity index (χ3v) is 3.60. The molecule has 2 rings (SSSR count). The molecular formula is C19H27N5O4. The second-order valence-electron chi connectivity index (χ2n) is 7.20. The fourth-order valence-electron chi connectivity index (χ4n) is 2.40. The number of nitrogens with one attached hydrogen (secondary N) is 3. The van der Waals surface area contributed by atoms with Crippen molar-refractivity contribution in [2.24, 2.45) is 0 Å². The van der Waals surface area contributed by atoms with Crippen LogP contribution in [-0.2, 0) is 29.0 Å². The van der Waals surface area contributed by atoms with E-state index in [9.17, 15) is 9.59 Å². The predicted octanol–water partition coefficient (Wildman–Crippen LogP) is 1.95. The van der Waals surface area contributed by atoms with Crippen molar-refractivity contribution in [3.05, 3.63) is 47.3 Å². The lowest BCUT2D eigenvalue weighted by atomic mass is 10.1. The van der Waals surface area contributed by atoms with Gasteiger partial charge in [-0.2, -0.15) is 0 Å². The van der Waals surface area contributed by atoms with Crippen LogP contribution in [0.25, 0.3) is 0 Å². The number of carbonyl (C=O) groups is 2. The molecule has 28 heavy (non-hydrogen) atoms. The monoisotopic (exact) mass is 389 g/mol. The smallest absolute Gasteiger partial charge is 0.407 e. The zero-order valence-corrected chi connectivity index (χ0v) is 16.7. The topological polar surface area (TPSA) is 118 Å². The first-order valence-electron chi connectivity index (χ1n) is 9.00. The van der Waals surface area contributed by atoms with Gasteiger partial charge in [-0.15, -0.1) is 0 Å². The Morgan fingerprint density at radius 2 is 2.00 bits per heavy atom. The number of aromatic amines is 1. The first kappa shape index (κ1) is 21.4. The first-order valence-corrected chi connectivity index (χ1v) is 9.00. The summed E-state index contributed by atoms with van der Waals surface area (Å²) in [6.45, 7) is 6.78. The number of nitrogens with zero attached hydrogens (tertiary/aromatic N) is 2. The molecule has 9 nitrogen and oxygen atoms in total. The molecule has 0 aliphatic carbocycles. The molecule has 0 radical (unpaired) electrons. The minimum absolute atomic E-state index is 0.191. The maximum atomic E-state index is 11.9. The van der Waals surface area contributed by atoms with E-state index in [-0.39, 0.29) is 12.2 Å². The number of methoxy groups -OCH3 is 1. The Morgan fingerprint density at radius 3 is 2.64 bits per heavy atom. The third-order valence-electron chi connectivity index (χ3n) is 3.60. The Balaban J connectivity index is 1.98. The number of pyridine rings is 1. The number of esters is 1. The van der Waals surface area contributed by atoms with E-state index in [1.165, 1.54) is 7.11 Å².